The van der Waals surface area contributed by atoms with Crippen LogP contribution in [-0.2, 0) is 6.54 Å². The van der Waals surface area contributed by atoms with Crippen LogP contribution in [0.2, 0.25) is 0 Å². The molecule has 1 aromatic rings. The number of nitrogens with one attached hydrogen (secondary N) is 2. The second-order valence-corrected chi connectivity index (χ2v) is 8.11. The number of nitrogens with zero attached hydrogens (tertiary/aromatic N) is 3. The molecule has 2 saturated heterocycles. The van der Waals surface area contributed by atoms with Crippen molar-refractivity contribution in [2.75, 3.05) is 46.3 Å². The van der Waals surface area contributed by atoms with Crippen molar-refractivity contribution in [1.82, 2.24) is 20.4 Å². The van der Waals surface area contributed by atoms with E-state index in [0.29, 0.717) is 0 Å². The second kappa shape index (κ2) is 10.1. The van der Waals surface area contributed by atoms with Gasteiger partial charge < -0.3 is 15.5 Å². The molecule has 0 spiro atoms. The number of likely N-dealkylation sites (tertiary alicyclic amines) is 2. The van der Waals surface area contributed by atoms with E-state index in [9.17, 15) is 0 Å². The molecule has 150 valence electrons. The van der Waals surface area contributed by atoms with Crippen LogP contribution in [0.5, 0.6) is 0 Å². The van der Waals surface area contributed by atoms with Gasteiger partial charge in [0.2, 0.25) is 0 Å². The Morgan fingerprint density at radius 3 is 2.37 bits per heavy atom. The summed E-state index contributed by atoms with van der Waals surface area (Å²) in [5.41, 5.74) is 1.52. The fraction of sp³-hybridized carbons (Fsp3) is 0.682. The molecular formula is C22H37N5. The molecule has 2 aliphatic heterocycles. The summed E-state index contributed by atoms with van der Waals surface area (Å²) in [7, 11) is 2.25. The molecular weight excluding hydrogens is 334 g/mol. The first kappa shape index (κ1) is 20.2. The summed E-state index contributed by atoms with van der Waals surface area (Å²) in [6.45, 7) is 9.62. The monoisotopic (exact) mass is 371 g/mol. The van der Waals surface area contributed by atoms with Gasteiger partial charge in [-0.2, -0.15) is 0 Å². The number of hydrogen-bond acceptors (Lipinski definition) is 3. The highest BCUT2D eigenvalue weighted by Gasteiger charge is 2.39. The fourth-order valence-corrected chi connectivity index (χ4v) is 4.35. The Hall–Kier alpha value is -1.59. The van der Waals surface area contributed by atoms with Crippen molar-refractivity contribution in [2.45, 2.75) is 51.1 Å². The van der Waals surface area contributed by atoms with Crippen molar-refractivity contribution < 1.29 is 0 Å². The minimum atomic E-state index is 0.274. The summed E-state index contributed by atoms with van der Waals surface area (Å²) in [6.07, 6.45) is 6.57. The maximum absolute atomic E-state index is 4.82. The van der Waals surface area contributed by atoms with E-state index >= 15 is 0 Å². The molecule has 0 amide bonds. The van der Waals surface area contributed by atoms with Crippen LogP contribution in [0, 0.1) is 0 Å². The summed E-state index contributed by atoms with van der Waals surface area (Å²) in [6, 6.07) is 10.5. The van der Waals surface area contributed by atoms with E-state index in [4.69, 9.17) is 4.99 Å². The molecule has 0 aromatic heterocycles. The number of aliphatic imine (C=N–C) groups is 1. The number of guanidine groups is 1. The van der Waals surface area contributed by atoms with Gasteiger partial charge in [-0.05, 0) is 71.4 Å². The Kier molecular flexibility index (Phi) is 7.53. The van der Waals surface area contributed by atoms with Crippen LogP contribution in [-0.4, -0.2) is 67.6 Å². The minimum absolute atomic E-state index is 0.274. The first-order valence-corrected chi connectivity index (χ1v) is 10.7. The summed E-state index contributed by atoms with van der Waals surface area (Å²) >= 11 is 0. The van der Waals surface area contributed by atoms with Crippen molar-refractivity contribution in [3.8, 4) is 0 Å². The Morgan fingerprint density at radius 2 is 1.70 bits per heavy atom. The predicted octanol–water partition coefficient (Wildman–Crippen LogP) is 2.69. The summed E-state index contributed by atoms with van der Waals surface area (Å²) in [5, 5.41) is 7.12. The highest BCUT2D eigenvalue weighted by atomic mass is 15.3. The van der Waals surface area contributed by atoms with Crippen LogP contribution in [0.4, 0.5) is 0 Å². The predicted molar refractivity (Wildman–Crippen MR) is 114 cm³/mol. The van der Waals surface area contributed by atoms with Crippen molar-refractivity contribution in [2.24, 2.45) is 4.99 Å². The Morgan fingerprint density at radius 1 is 1.00 bits per heavy atom. The van der Waals surface area contributed by atoms with Gasteiger partial charge in [-0.15, -0.1) is 0 Å². The van der Waals surface area contributed by atoms with E-state index in [-0.39, 0.29) is 5.54 Å². The van der Waals surface area contributed by atoms with Crippen LogP contribution in [0.25, 0.3) is 0 Å². The maximum Gasteiger partial charge on any atom is 0.191 e. The van der Waals surface area contributed by atoms with Crippen molar-refractivity contribution in [3.63, 3.8) is 0 Å². The molecule has 5 nitrogen and oxygen atoms in total. The van der Waals surface area contributed by atoms with Gasteiger partial charge in [0, 0.05) is 18.6 Å². The van der Waals surface area contributed by atoms with Gasteiger partial charge in [0.05, 0.1) is 6.54 Å². The van der Waals surface area contributed by atoms with Gasteiger partial charge in [0.1, 0.15) is 0 Å². The molecule has 3 rings (SSSR count). The third kappa shape index (κ3) is 5.69. The molecule has 0 radical (unpaired) electrons. The highest BCUT2D eigenvalue weighted by Crippen LogP contribution is 2.30. The number of hydrogen-bond donors (Lipinski definition) is 2. The Balaban J connectivity index is 1.66. The van der Waals surface area contributed by atoms with Crippen LogP contribution in [0.15, 0.2) is 35.3 Å². The molecule has 2 aliphatic rings. The molecule has 27 heavy (non-hydrogen) atoms. The largest absolute Gasteiger partial charge is 0.357 e. The van der Waals surface area contributed by atoms with Gasteiger partial charge in [-0.25, -0.2) is 4.99 Å². The normalized spacial score (nSPS) is 21.8. The molecule has 0 unspecified atom stereocenters. The van der Waals surface area contributed by atoms with E-state index in [2.05, 4.69) is 64.7 Å². The summed E-state index contributed by atoms with van der Waals surface area (Å²) in [5.74, 6) is 0.941. The van der Waals surface area contributed by atoms with Gasteiger partial charge >= 0.3 is 0 Å². The average Bonchev–Trinajstić information content (AvgIpc) is 2.73. The molecule has 2 fully saturated rings. The summed E-state index contributed by atoms with van der Waals surface area (Å²) < 4.78 is 0. The molecule has 1 aromatic carbocycles. The number of benzene rings is 1. The molecule has 5 heteroatoms. The molecule has 0 atom stereocenters. The minimum Gasteiger partial charge on any atom is -0.357 e. The van der Waals surface area contributed by atoms with E-state index in [1.165, 1.54) is 63.8 Å². The fourth-order valence-electron chi connectivity index (χ4n) is 4.35. The number of piperidine rings is 2. The third-order valence-corrected chi connectivity index (χ3v) is 6.14. The molecule has 2 N–H and O–H groups in total. The lowest BCUT2D eigenvalue weighted by molar-refractivity contribution is 0.0173. The van der Waals surface area contributed by atoms with Gasteiger partial charge in [-0.3, -0.25) is 4.90 Å². The second-order valence-electron chi connectivity index (χ2n) is 8.11. The van der Waals surface area contributed by atoms with E-state index in [1.807, 2.05) is 0 Å². The smallest absolute Gasteiger partial charge is 0.191 e. The first-order chi connectivity index (χ1) is 13.2. The zero-order valence-electron chi connectivity index (χ0n) is 17.2. The molecule has 0 aliphatic carbocycles. The SMILES string of the molecule is CCNC(=NCc1ccccc1)NCC1(N2CCCCC2)CCN(C)CC1. The van der Waals surface area contributed by atoms with Crippen LogP contribution >= 0.6 is 0 Å². The first-order valence-electron chi connectivity index (χ1n) is 10.7. The van der Waals surface area contributed by atoms with Gasteiger partial charge in [0.25, 0.3) is 0 Å². The standard InChI is InChI=1S/C22H37N5/c1-3-23-21(24-18-20-10-6-4-7-11-20)25-19-22(12-16-26(2)17-13-22)27-14-8-5-9-15-27/h4,6-7,10-11H,3,5,8-9,12-19H2,1-2H3,(H2,23,24,25). The van der Waals surface area contributed by atoms with Gasteiger partial charge in [-0.1, -0.05) is 36.8 Å². The molecule has 0 saturated carbocycles. The van der Waals surface area contributed by atoms with E-state index in [0.717, 1.165) is 25.6 Å². The van der Waals surface area contributed by atoms with Crippen molar-refractivity contribution >= 4 is 5.96 Å². The highest BCUT2D eigenvalue weighted by molar-refractivity contribution is 5.79. The van der Waals surface area contributed by atoms with Crippen LogP contribution in [0.3, 0.4) is 0 Å². The lowest BCUT2D eigenvalue weighted by Gasteiger charge is -2.50. The van der Waals surface area contributed by atoms with Crippen LogP contribution < -0.4 is 10.6 Å². The average molecular weight is 372 g/mol. The van der Waals surface area contributed by atoms with Crippen molar-refractivity contribution in [3.05, 3.63) is 35.9 Å². The lowest BCUT2D eigenvalue weighted by atomic mass is 9.84. The maximum atomic E-state index is 4.82. The zero-order chi connectivity index (χ0) is 19.0. The van der Waals surface area contributed by atoms with Crippen molar-refractivity contribution in [1.29, 1.82) is 0 Å². The van der Waals surface area contributed by atoms with E-state index < -0.39 is 0 Å². The Labute approximate surface area is 165 Å². The van der Waals surface area contributed by atoms with Gasteiger partial charge in [0.15, 0.2) is 5.96 Å². The molecule has 2 heterocycles. The lowest BCUT2D eigenvalue weighted by Crippen LogP contribution is -2.62. The number of rotatable bonds is 6. The quantitative estimate of drug-likeness (QED) is 0.596. The van der Waals surface area contributed by atoms with Crippen LogP contribution in [0.1, 0.15) is 44.6 Å². The zero-order valence-corrected chi connectivity index (χ0v) is 17.2. The summed E-state index contributed by atoms with van der Waals surface area (Å²) in [4.78, 5) is 10.1. The van der Waals surface area contributed by atoms with E-state index in [1.54, 1.807) is 0 Å². The Bertz CT molecular complexity index is 572. The molecule has 0 bridgehead atoms. The topological polar surface area (TPSA) is 42.9 Å². The third-order valence-electron chi connectivity index (χ3n) is 6.14.